The van der Waals surface area contributed by atoms with E-state index < -0.39 is 41.4 Å². The third kappa shape index (κ3) is 5.05. The van der Waals surface area contributed by atoms with E-state index in [1.807, 2.05) is 0 Å². The highest BCUT2D eigenvalue weighted by molar-refractivity contribution is 9.12. The summed E-state index contributed by atoms with van der Waals surface area (Å²) in [6.45, 7) is 1.47. The Morgan fingerprint density at radius 1 is 0.914 bits per heavy atom. The van der Waals surface area contributed by atoms with Crippen molar-refractivity contribution < 1.29 is 19.2 Å². The number of rotatable bonds is 5. The van der Waals surface area contributed by atoms with Crippen molar-refractivity contribution in [3.05, 3.63) is 68.7 Å². The lowest BCUT2D eigenvalue weighted by Crippen LogP contribution is -2.56. The highest BCUT2D eigenvalue weighted by Gasteiger charge is 2.55. The fourth-order valence-corrected chi connectivity index (χ4v) is 6.34. The molecule has 0 unspecified atom stereocenters. The summed E-state index contributed by atoms with van der Waals surface area (Å²) >= 11 is 25.4. The van der Waals surface area contributed by atoms with Crippen molar-refractivity contribution in [3.8, 4) is 0 Å². The number of hydrogen-bond acceptors (Lipinski definition) is 4. The van der Waals surface area contributed by atoms with Crippen LogP contribution in [0, 0.1) is 11.8 Å². The molecule has 1 saturated heterocycles. The molecule has 1 aliphatic heterocycles. The molecule has 0 N–H and O–H groups in total. The Labute approximate surface area is 234 Å². The third-order valence-corrected chi connectivity index (χ3v) is 9.88. The first-order chi connectivity index (χ1) is 16.5. The molecule has 11 heteroatoms. The number of benzene rings is 2. The minimum Gasteiger partial charge on any atom is -0.292 e. The average molecular weight is 666 g/mol. The number of fused-ring (bicyclic) bond motifs is 1. The van der Waals surface area contributed by atoms with Gasteiger partial charge in [-0.25, -0.2) is 5.01 Å². The van der Waals surface area contributed by atoms with Gasteiger partial charge in [0.15, 0.2) is 5.78 Å². The third-order valence-electron chi connectivity index (χ3n) is 6.35. The molecule has 0 radical (unpaired) electrons. The number of carbonyl (C=O) groups excluding carboxylic acids is 4. The van der Waals surface area contributed by atoms with Gasteiger partial charge in [0.25, 0.3) is 17.7 Å². The van der Waals surface area contributed by atoms with Crippen molar-refractivity contribution in [3.63, 3.8) is 0 Å². The molecule has 2 aromatic carbocycles. The fourth-order valence-electron chi connectivity index (χ4n) is 4.48. The quantitative estimate of drug-likeness (QED) is 0.217. The summed E-state index contributed by atoms with van der Waals surface area (Å²) in [6.07, 6.45) is 0.843. The predicted octanol–water partition coefficient (Wildman–Crippen LogP) is 6.20. The predicted molar refractivity (Wildman–Crippen MR) is 141 cm³/mol. The van der Waals surface area contributed by atoms with Gasteiger partial charge < -0.3 is 0 Å². The smallest absolute Gasteiger partial charge is 0.275 e. The van der Waals surface area contributed by atoms with Gasteiger partial charge in [-0.2, -0.15) is 5.01 Å². The normalized spacial score (nSPS) is 24.8. The van der Waals surface area contributed by atoms with Crippen molar-refractivity contribution in [2.24, 2.45) is 11.8 Å². The van der Waals surface area contributed by atoms with Crippen LogP contribution in [0.4, 0.5) is 0 Å². The van der Waals surface area contributed by atoms with Crippen LogP contribution in [0.25, 0.3) is 0 Å². The minimum atomic E-state index is -1.19. The van der Waals surface area contributed by atoms with Gasteiger partial charge in [-0.15, -0.1) is 0 Å². The van der Waals surface area contributed by atoms with Crippen molar-refractivity contribution in [2.75, 3.05) is 0 Å². The lowest BCUT2D eigenvalue weighted by molar-refractivity contribution is -0.156. The van der Waals surface area contributed by atoms with Crippen LogP contribution in [-0.4, -0.2) is 49.2 Å². The first-order valence-electron chi connectivity index (χ1n) is 10.8. The summed E-state index contributed by atoms with van der Waals surface area (Å²) < 4.78 is 0. The second-order valence-corrected chi connectivity index (χ2v) is 12.2. The van der Waals surface area contributed by atoms with Crippen LogP contribution in [-0.2, 0) is 9.59 Å². The number of alkyl halides is 2. The van der Waals surface area contributed by atoms with Crippen LogP contribution in [0.15, 0.2) is 42.5 Å². The SMILES string of the molecule is C[C@H](C(=O)c1ccc(Cl)cc1)N(C(=O)c1ccc(Cl)cc1Cl)N1C(=O)[C@@H]2C[C@H](Br)[C@@H](Br)C[C@H]2C1=O. The maximum Gasteiger partial charge on any atom is 0.275 e. The molecule has 0 bridgehead atoms. The highest BCUT2D eigenvalue weighted by Crippen LogP contribution is 2.44. The number of imide groups is 1. The maximum atomic E-state index is 13.8. The maximum absolute atomic E-state index is 13.8. The molecule has 0 spiro atoms. The van der Waals surface area contributed by atoms with Gasteiger partial charge in [-0.3, -0.25) is 19.2 Å². The van der Waals surface area contributed by atoms with Gasteiger partial charge in [0.2, 0.25) is 0 Å². The standard InChI is InChI=1S/C24H19Br2Cl3N2O4/c1-11(21(32)12-2-4-13(27)5-3-12)30(22(33)15-7-6-14(28)8-20(15)29)31-23(34)16-9-18(25)19(26)10-17(16)24(31)35/h2-8,11,16-19H,9-10H2,1H3/t11-,16-,17-,18+,19+/m1/s1. The van der Waals surface area contributed by atoms with E-state index in [1.54, 1.807) is 12.1 Å². The van der Waals surface area contributed by atoms with Crippen LogP contribution in [0.3, 0.4) is 0 Å². The van der Waals surface area contributed by atoms with Gasteiger partial charge in [-0.1, -0.05) is 66.7 Å². The van der Waals surface area contributed by atoms with Crippen LogP contribution in [0.2, 0.25) is 15.1 Å². The zero-order chi connectivity index (χ0) is 25.6. The largest absolute Gasteiger partial charge is 0.292 e. The van der Waals surface area contributed by atoms with E-state index in [9.17, 15) is 19.2 Å². The monoisotopic (exact) mass is 662 g/mol. The molecule has 1 aliphatic carbocycles. The summed E-state index contributed by atoms with van der Waals surface area (Å²) in [6, 6.07) is 9.23. The van der Waals surface area contributed by atoms with Crippen molar-refractivity contribution in [1.82, 2.24) is 10.0 Å². The van der Waals surface area contributed by atoms with Crippen LogP contribution in [0.1, 0.15) is 40.5 Å². The molecule has 4 rings (SSSR count). The topological polar surface area (TPSA) is 74.8 Å². The molecule has 3 amide bonds. The molecule has 6 nitrogen and oxygen atoms in total. The van der Waals surface area contributed by atoms with Gasteiger partial charge in [0.1, 0.15) is 6.04 Å². The average Bonchev–Trinajstić information content (AvgIpc) is 3.04. The molecule has 0 aromatic heterocycles. The van der Waals surface area contributed by atoms with E-state index in [4.69, 9.17) is 34.8 Å². The zero-order valence-corrected chi connectivity index (χ0v) is 23.7. The van der Waals surface area contributed by atoms with Crippen molar-refractivity contribution in [1.29, 1.82) is 0 Å². The number of hydrazine groups is 1. The summed E-state index contributed by atoms with van der Waals surface area (Å²) in [5, 5.41) is 2.57. The van der Waals surface area contributed by atoms with E-state index in [-0.39, 0.29) is 25.8 Å². The Morgan fingerprint density at radius 2 is 1.43 bits per heavy atom. The Morgan fingerprint density at radius 3 is 1.94 bits per heavy atom. The summed E-state index contributed by atoms with van der Waals surface area (Å²) in [5.41, 5.74) is 0.290. The van der Waals surface area contributed by atoms with Gasteiger partial charge in [-0.05, 0) is 62.2 Å². The molecule has 1 heterocycles. The number of Topliss-reactive ketones (excluding diaryl/α,β-unsaturated/α-hetero) is 1. The lowest BCUT2D eigenvalue weighted by Gasteiger charge is -2.35. The number of nitrogens with zero attached hydrogens (tertiary/aromatic N) is 2. The van der Waals surface area contributed by atoms with Crippen LogP contribution >= 0.6 is 66.7 Å². The van der Waals surface area contributed by atoms with E-state index in [0.29, 0.717) is 22.9 Å². The number of hydrogen-bond donors (Lipinski definition) is 0. The van der Waals surface area contributed by atoms with E-state index in [1.165, 1.54) is 37.3 Å². The summed E-state index contributed by atoms with van der Waals surface area (Å²) in [4.78, 5) is 54.2. The van der Waals surface area contributed by atoms with Gasteiger partial charge >= 0.3 is 0 Å². The van der Waals surface area contributed by atoms with Gasteiger partial charge in [0.05, 0.1) is 22.4 Å². The van der Waals surface area contributed by atoms with Crippen molar-refractivity contribution in [2.45, 2.75) is 35.5 Å². The zero-order valence-electron chi connectivity index (χ0n) is 18.3. The Kier molecular flexibility index (Phi) is 7.98. The minimum absolute atomic E-state index is 0.0107. The fraction of sp³-hybridized carbons (Fsp3) is 0.333. The summed E-state index contributed by atoms with van der Waals surface area (Å²) in [5.74, 6) is -3.46. The Bertz CT molecular complexity index is 1180. The molecule has 35 heavy (non-hydrogen) atoms. The molecule has 2 aromatic rings. The summed E-state index contributed by atoms with van der Waals surface area (Å²) in [7, 11) is 0. The van der Waals surface area contributed by atoms with Crippen LogP contribution < -0.4 is 0 Å². The number of ketones is 1. The molecular formula is C24H19Br2Cl3N2O4. The molecule has 1 saturated carbocycles. The van der Waals surface area contributed by atoms with Crippen LogP contribution in [0.5, 0.6) is 0 Å². The lowest BCUT2D eigenvalue weighted by atomic mass is 9.81. The second kappa shape index (κ2) is 10.5. The molecule has 2 aliphatic rings. The van der Waals surface area contributed by atoms with Gasteiger partial charge in [0, 0.05) is 25.3 Å². The Balaban J connectivity index is 1.77. The highest BCUT2D eigenvalue weighted by atomic mass is 79.9. The first kappa shape index (κ1) is 26.6. The van der Waals surface area contributed by atoms with E-state index in [0.717, 1.165) is 10.0 Å². The molecule has 2 fully saturated rings. The number of halogens is 5. The molecular weight excluding hydrogens is 646 g/mol. The van der Waals surface area contributed by atoms with E-state index in [2.05, 4.69) is 31.9 Å². The Hall–Kier alpha value is -1.45. The number of amides is 3. The second-order valence-electron chi connectivity index (χ2n) is 8.53. The first-order valence-corrected chi connectivity index (χ1v) is 13.7. The molecule has 184 valence electrons. The van der Waals surface area contributed by atoms with Crippen molar-refractivity contribution >= 4 is 90.2 Å². The molecule has 5 atom stereocenters. The number of carbonyl (C=O) groups is 4. The van der Waals surface area contributed by atoms with E-state index >= 15 is 0 Å².